The van der Waals surface area contributed by atoms with Gasteiger partial charge >= 0.3 is 0 Å². The molecule has 13 rings (SSSR count). The first-order chi connectivity index (χ1) is 30.5. The molecule has 0 saturated heterocycles. The van der Waals surface area contributed by atoms with E-state index in [9.17, 15) is 0 Å². The zero-order valence-electron chi connectivity index (χ0n) is 34.6. The smallest absolute Gasteiger partial charge is 0.140 e. The van der Waals surface area contributed by atoms with E-state index in [1.807, 2.05) is 0 Å². The second-order valence-electron chi connectivity index (χ2n) is 17.6. The van der Waals surface area contributed by atoms with E-state index >= 15 is 0 Å². The molecule has 0 saturated carbocycles. The minimum Gasteiger partial charge on any atom is -0.455 e. The molecule has 2 aliphatic carbocycles. The molecule has 0 unspecified atom stereocenters. The van der Waals surface area contributed by atoms with Gasteiger partial charge in [-0.3, -0.25) is 0 Å². The molecule has 3 aliphatic rings. The van der Waals surface area contributed by atoms with Crippen LogP contribution in [0.5, 0.6) is 11.5 Å². The average molecular weight is 792 g/mol. The summed E-state index contributed by atoms with van der Waals surface area (Å²) in [7, 11) is 0. The summed E-state index contributed by atoms with van der Waals surface area (Å²) in [5.41, 5.74) is 17.9. The van der Waals surface area contributed by atoms with E-state index in [0.29, 0.717) is 0 Å². The van der Waals surface area contributed by atoms with Crippen molar-refractivity contribution < 1.29 is 4.74 Å². The molecule has 0 N–H and O–H groups in total. The summed E-state index contributed by atoms with van der Waals surface area (Å²) in [5, 5.41) is 4.58. The lowest BCUT2D eigenvalue weighted by atomic mass is 9.65. The number of benzene rings is 10. The topological polar surface area (TPSA) is 12.5 Å². The predicted molar refractivity (Wildman–Crippen MR) is 257 cm³/mol. The first kappa shape index (κ1) is 35.1. The van der Waals surface area contributed by atoms with Gasteiger partial charge in [0, 0.05) is 44.4 Å². The second kappa shape index (κ2) is 12.9. The van der Waals surface area contributed by atoms with Crippen LogP contribution in [0, 0.1) is 0 Å². The van der Waals surface area contributed by atoms with Crippen LogP contribution in [0.15, 0.2) is 212 Å². The molecule has 10 aromatic carbocycles. The van der Waals surface area contributed by atoms with E-state index in [0.717, 1.165) is 39.3 Å². The van der Waals surface area contributed by atoms with Gasteiger partial charge in [-0.1, -0.05) is 190 Å². The Morgan fingerprint density at radius 1 is 0.355 bits per heavy atom. The van der Waals surface area contributed by atoms with Gasteiger partial charge in [0.15, 0.2) is 0 Å². The Bertz CT molecular complexity index is 3400. The fraction of sp³-hybridized carbons (Fsp3) is 0.0667. The van der Waals surface area contributed by atoms with Crippen LogP contribution in [0.4, 0.5) is 17.1 Å². The summed E-state index contributed by atoms with van der Waals surface area (Å²) in [6, 6.07) is 78.4. The van der Waals surface area contributed by atoms with E-state index in [4.69, 9.17) is 4.74 Å². The van der Waals surface area contributed by atoms with Gasteiger partial charge in [-0.05, 0) is 103 Å². The van der Waals surface area contributed by atoms with Gasteiger partial charge in [0.25, 0.3) is 0 Å². The largest absolute Gasteiger partial charge is 0.455 e. The Balaban J connectivity index is 1.04. The number of para-hydroxylation sites is 1. The van der Waals surface area contributed by atoms with Gasteiger partial charge in [0.2, 0.25) is 0 Å². The van der Waals surface area contributed by atoms with E-state index in [1.54, 1.807) is 0 Å². The average Bonchev–Trinajstić information content (AvgIpc) is 3.75. The molecule has 0 radical (unpaired) electrons. The van der Waals surface area contributed by atoms with Crippen LogP contribution in [0.2, 0.25) is 0 Å². The lowest BCUT2D eigenvalue weighted by molar-refractivity contribution is 0.447. The van der Waals surface area contributed by atoms with Crippen molar-refractivity contribution in [1.82, 2.24) is 0 Å². The van der Waals surface area contributed by atoms with Crippen LogP contribution in [-0.2, 0) is 10.8 Å². The molecule has 0 bridgehead atoms. The Kier molecular flexibility index (Phi) is 7.31. The van der Waals surface area contributed by atoms with Crippen LogP contribution in [-0.4, -0.2) is 0 Å². The molecule has 10 aromatic rings. The number of hydrogen-bond acceptors (Lipinski definition) is 2. The number of nitrogens with zero attached hydrogens (tertiary/aromatic N) is 1. The SMILES string of the molecule is CC1(C)c2ccccc2-c2ccc(N(c3ccccc3)c3cccc(-c4cccc5c4-c4ccccc4C54c5ccc6ccccc6c5Oc5c4ccc4ccccc54)c3)cc21. The molecular weight excluding hydrogens is 751 g/mol. The molecule has 1 aliphatic heterocycles. The fourth-order valence-electron chi connectivity index (χ4n) is 11.4. The Labute approximate surface area is 362 Å². The van der Waals surface area contributed by atoms with Crippen LogP contribution >= 0.6 is 0 Å². The Hall–Kier alpha value is -7.68. The summed E-state index contributed by atoms with van der Waals surface area (Å²) in [6.07, 6.45) is 0. The zero-order chi connectivity index (χ0) is 41.2. The number of anilines is 3. The van der Waals surface area contributed by atoms with E-state index in [2.05, 4.69) is 231 Å². The highest BCUT2D eigenvalue weighted by atomic mass is 16.5. The zero-order valence-corrected chi connectivity index (χ0v) is 34.6. The molecule has 0 aromatic heterocycles. The van der Waals surface area contributed by atoms with E-state index in [1.165, 1.54) is 77.5 Å². The Morgan fingerprint density at radius 2 is 0.903 bits per heavy atom. The molecule has 292 valence electrons. The van der Waals surface area contributed by atoms with Gasteiger partial charge in [-0.15, -0.1) is 0 Å². The normalized spacial score (nSPS) is 14.4. The molecule has 0 atom stereocenters. The van der Waals surface area contributed by atoms with Crippen molar-refractivity contribution in [2.24, 2.45) is 0 Å². The van der Waals surface area contributed by atoms with Crippen LogP contribution in [0.25, 0.3) is 54.9 Å². The molecular formula is C60H41NO. The number of fused-ring (bicyclic) bond motifs is 16. The fourth-order valence-corrected chi connectivity index (χ4v) is 11.4. The lowest BCUT2D eigenvalue weighted by Gasteiger charge is -2.40. The van der Waals surface area contributed by atoms with Crippen molar-refractivity contribution in [3.63, 3.8) is 0 Å². The van der Waals surface area contributed by atoms with Crippen molar-refractivity contribution in [2.45, 2.75) is 24.7 Å². The highest BCUT2D eigenvalue weighted by Gasteiger charge is 2.52. The maximum Gasteiger partial charge on any atom is 0.140 e. The van der Waals surface area contributed by atoms with Gasteiger partial charge in [0.1, 0.15) is 11.5 Å². The summed E-state index contributed by atoms with van der Waals surface area (Å²) in [6.45, 7) is 4.71. The van der Waals surface area contributed by atoms with Crippen LogP contribution in [0.3, 0.4) is 0 Å². The van der Waals surface area contributed by atoms with Crippen molar-refractivity contribution in [3.8, 4) is 44.9 Å². The Morgan fingerprint density at radius 3 is 1.65 bits per heavy atom. The molecule has 2 nitrogen and oxygen atoms in total. The van der Waals surface area contributed by atoms with Gasteiger partial charge in [-0.25, -0.2) is 0 Å². The van der Waals surface area contributed by atoms with Gasteiger partial charge in [0.05, 0.1) is 5.41 Å². The van der Waals surface area contributed by atoms with Crippen molar-refractivity contribution in [2.75, 3.05) is 4.90 Å². The monoisotopic (exact) mass is 791 g/mol. The van der Waals surface area contributed by atoms with Crippen molar-refractivity contribution in [3.05, 3.63) is 246 Å². The quantitative estimate of drug-likeness (QED) is 0.176. The molecule has 62 heavy (non-hydrogen) atoms. The van der Waals surface area contributed by atoms with Crippen molar-refractivity contribution in [1.29, 1.82) is 0 Å². The summed E-state index contributed by atoms with van der Waals surface area (Å²) < 4.78 is 7.22. The third kappa shape index (κ3) is 4.69. The first-order valence-corrected chi connectivity index (χ1v) is 21.7. The molecule has 1 heterocycles. The first-order valence-electron chi connectivity index (χ1n) is 21.7. The molecule has 1 spiro atoms. The third-order valence-electron chi connectivity index (χ3n) is 14.1. The number of rotatable bonds is 4. The molecule has 2 heteroatoms. The predicted octanol–water partition coefficient (Wildman–Crippen LogP) is 15.9. The highest BCUT2D eigenvalue weighted by molar-refractivity contribution is 6.02. The van der Waals surface area contributed by atoms with Crippen LogP contribution in [0.1, 0.15) is 47.2 Å². The standard InChI is InChI=1S/C60H41NO/c1-59(2)50-27-12-10-24-47(50)48-33-32-43(37-55(48)59)61(41-19-4-3-5-20-41)42-21-14-18-40(36-42)44-26-15-29-52-56(44)49-25-11-13-28-51(49)60(52)53-34-30-38-16-6-8-22-45(38)57(53)62-58-46-23-9-7-17-39(46)31-35-54(58)60/h3-37H,1-2H3. The summed E-state index contributed by atoms with van der Waals surface area (Å²) in [5.74, 6) is 1.86. The maximum atomic E-state index is 7.22. The van der Waals surface area contributed by atoms with Gasteiger partial charge in [-0.2, -0.15) is 0 Å². The highest BCUT2D eigenvalue weighted by Crippen LogP contribution is 2.65. The number of ether oxygens (including phenoxy) is 1. The lowest BCUT2D eigenvalue weighted by Crippen LogP contribution is -2.32. The van der Waals surface area contributed by atoms with E-state index in [-0.39, 0.29) is 5.41 Å². The number of hydrogen-bond donors (Lipinski definition) is 0. The van der Waals surface area contributed by atoms with E-state index < -0.39 is 5.41 Å². The van der Waals surface area contributed by atoms with Crippen LogP contribution < -0.4 is 9.64 Å². The maximum absolute atomic E-state index is 7.22. The van der Waals surface area contributed by atoms with Gasteiger partial charge < -0.3 is 9.64 Å². The molecule has 0 amide bonds. The molecule has 0 fully saturated rings. The summed E-state index contributed by atoms with van der Waals surface area (Å²) >= 11 is 0. The van der Waals surface area contributed by atoms with Crippen molar-refractivity contribution >= 4 is 38.6 Å². The summed E-state index contributed by atoms with van der Waals surface area (Å²) in [4.78, 5) is 2.42. The third-order valence-corrected chi connectivity index (χ3v) is 14.1. The second-order valence-corrected chi connectivity index (χ2v) is 17.6. The minimum atomic E-state index is -0.610. The minimum absolute atomic E-state index is 0.111.